The molecule has 21 heavy (non-hydrogen) atoms. The van der Waals surface area contributed by atoms with Gasteiger partial charge >= 0.3 is 0 Å². The molecule has 1 aliphatic rings. The summed E-state index contributed by atoms with van der Waals surface area (Å²) in [6, 6.07) is 7.32. The van der Waals surface area contributed by atoms with E-state index in [1.165, 1.54) is 0 Å². The fourth-order valence-electron chi connectivity index (χ4n) is 2.62. The van der Waals surface area contributed by atoms with Gasteiger partial charge in [0.25, 0.3) is 0 Å². The van der Waals surface area contributed by atoms with Crippen LogP contribution in [0.25, 0.3) is 0 Å². The lowest BCUT2D eigenvalue weighted by Gasteiger charge is -2.31. The molecule has 1 aliphatic heterocycles. The molecule has 1 aromatic carbocycles. The number of ether oxygens (including phenoxy) is 2. The van der Waals surface area contributed by atoms with E-state index < -0.39 is 0 Å². The van der Waals surface area contributed by atoms with Crippen molar-refractivity contribution in [2.45, 2.75) is 18.9 Å². The molecule has 116 valence electrons. The second kappa shape index (κ2) is 8.12. The van der Waals surface area contributed by atoms with Crippen molar-refractivity contribution in [2.24, 2.45) is 0 Å². The van der Waals surface area contributed by atoms with Crippen LogP contribution < -0.4 is 4.74 Å². The number of aliphatic hydroxyl groups excluding tert-OH is 1. The second-order valence-corrected chi connectivity index (χ2v) is 5.19. The molecule has 0 spiro atoms. The first-order valence-electron chi connectivity index (χ1n) is 7.35. The number of piperidine rings is 1. The van der Waals surface area contributed by atoms with Gasteiger partial charge in [0.15, 0.2) is 5.78 Å². The average Bonchev–Trinajstić information content (AvgIpc) is 2.54. The summed E-state index contributed by atoms with van der Waals surface area (Å²) in [7, 11) is 1.58. The Kier molecular flexibility index (Phi) is 6.17. The predicted molar refractivity (Wildman–Crippen MR) is 79.8 cm³/mol. The summed E-state index contributed by atoms with van der Waals surface area (Å²) in [6.45, 7) is 2.55. The Hall–Kier alpha value is -1.43. The second-order valence-electron chi connectivity index (χ2n) is 5.19. The molecule has 2 rings (SSSR count). The van der Waals surface area contributed by atoms with Crippen molar-refractivity contribution in [2.75, 3.05) is 40.0 Å². The Balaban J connectivity index is 1.84. The van der Waals surface area contributed by atoms with Crippen LogP contribution in [-0.4, -0.2) is 61.9 Å². The predicted octanol–water partition coefficient (Wildman–Crippen LogP) is 1.35. The van der Waals surface area contributed by atoms with E-state index in [0.717, 1.165) is 25.9 Å². The SMILES string of the molecule is COc1ccccc1C(=O)CN1CCC(OCCO)CC1. The van der Waals surface area contributed by atoms with E-state index in [-0.39, 0.29) is 18.5 Å². The normalized spacial score (nSPS) is 16.9. The van der Waals surface area contributed by atoms with Gasteiger partial charge in [-0.2, -0.15) is 0 Å². The van der Waals surface area contributed by atoms with Crippen LogP contribution in [0, 0.1) is 0 Å². The van der Waals surface area contributed by atoms with Gasteiger partial charge in [0.2, 0.25) is 0 Å². The van der Waals surface area contributed by atoms with Gasteiger partial charge in [-0.25, -0.2) is 0 Å². The number of hydrogen-bond donors (Lipinski definition) is 1. The van der Waals surface area contributed by atoms with E-state index in [0.29, 0.717) is 24.5 Å². The lowest BCUT2D eigenvalue weighted by atomic mass is 10.1. The van der Waals surface area contributed by atoms with Gasteiger partial charge in [-0.05, 0) is 25.0 Å². The number of hydrogen-bond acceptors (Lipinski definition) is 5. The average molecular weight is 293 g/mol. The summed E-state index contributed by atoms with van der Waals surface area (Å²) in [5.41, 5.74) is 0.638. The van der Waals surface area contributed by atoms with Crippen LogP contribution in [0.1, 0.15) is 23.2 Å². The maximum Gasteiger partial charge on any atom is 0.180 e. The van der Waals surface area contributed by atoms with E-state index in [1.54, 1.807) is 13.2 Å². The number of para-hydroxylation sites is 1. The maximum absolute atomic E-state index is 12.4. The highest BCUT2D eigenvalue weighted by atomic mass is 16.5. The number of carbonyl (C=O) groups excluding carboxylic acids is 1. The summed E-state index contributed by atoms with van der Waals surface area (Å²) in [4.78, 5) is 14.5. The number of ketones is 1. The molecule has 0 aliphatic carbocycles. The molecule has 1 fully saturated rings. The third kappa shape index (κ3) is 4.52. The van der Waals surface area contributed by atoms with E-state index in [9.17, 15) is 4.79 Å². The number of methoxy groups -OCH3 is 1. The molecular weight excluding hydrogens is 270 g/mol. The fourth-order valence-corrected chi connectivity index (χ4v) is 2.62. The standard InChI is InChI=1S/C16H23NO4/c1-20-16-5-3-2-4-14(16)15(19)12-17-8-6-13(7-9-17)21-11-10-18/h2-5,13,18H,6-12H2,1H3. The van der Waals surface area contributed by atoms with Crippen molar-refractivity contribution in [3.8, 4) is 5.75 Å². The summed E-state index contributed by atoms with van der Waals surface area (Å²) in [5.74, 6) is 0.714. The Morgan fingerprint density at radius 2 is 2.05 bits per heavy atom. The highest BCUT2D eigenvalue weighted by molar-refractivity contribution is 6.00. The van der Waals surface area contributed by atoms with Crippen molar-refractivity contribution in [1.82, 2.24) is 4.90 Å². The molecule has 0 atom stereocenters. The molecule has 1 N–H and O–H groups in total. The van der Waals surface area contributed by atoms with Crippen molar-refractivity contribution in [3.05, 3.63) is 29.8 Å². The Bertz CT molecular complexity index is 455. The molecule has 0 unspecified atom stereocenters. The number of likely N-dealkylation sites (tertiary alicyclic amines) is 1. The Morgan fingerprint density at radius 3 is 2.71 bits per heavy atom. The monoisotopic (exact) mass is 293 g/mol. The van der Waals surface area contributed by atoms with Crippen LogP contribution in [0.2, 0.25) is 0 Å². The Labute approximate surface area is 125 Å². The zero-order valence-electron chi connectivity index (χ0n) is 12.5. The third-order valence-electron chi connectivity index (χ3n) is 3.75. The van der Waals surface area contributed by atoms with Gasteiger partial charge in [-0.1, -0.05) is 12.1 Å². The molecule has 0 bridgehead atoms. The molecule has 1 aromatic rings. The minimum Gasteiger partial charge on any atom is -0.496 e. The molecule has 0 radical (unpaired) electrons. The van der Waals surface area contributed by atoms with E-state index >= 15 is 0 Å². The first-order valence-corrected chi connectivity index (χ1v) is 7.35. The molecule has 1 saturated heterocycles. The highest BCUT2D eigenvalue weighted by Gasteiger charge is 2.22. The molecule has 1 heterocycles. The topological polar surface area (TPSA) is 59.0 Å². The van der Waals surface area contributed by atoms with Crippen molar-refractivity contribution >= 4 is 5.78 Å². The number of aliphatic hydroxyl groups is 1. The molecule has 0 aromatic heterocycles. The van der Waals surface area contributed by atoms with Gasteiger partial charge in [-0.3, -0.25) is 9.69 Å². The van der Waals surface area contributed by atoms with Crippen LogP contribution in [0.4, 0.5) is 0 Å². The maximum atomic E-state index is 12.4. The molecule has 0 saturated carbocycles. The largest absolute Gasteiger partial charge is 0.496 e. The zero-order valence-corrected chi connectivity index (χ0v) is 12.5. The van der Waals surface area contributed by atoms with Gasteiger partial charge in [0.1, 0.15) is 5.75 Å². The van der Waals surface area contributed by atoms with Crippen molar-refractivity contribution < 1.29 is 19.4 Å². The number of carbonyl (C=O) groups is 1. The minimum absolute atomic E-state index is 0.0620. The van der Waals surface area contributed by atoms with Gasteiger partial charge in [0.05, 0.1) is 38.5 Å². The number of Topliss-reactive ketones (excluding diaryl/α,β-unsaturated/α-hetero) is 1. The van der Waals surface area contributed by atoms with E-state index in [1.807, 2.05) is 18.2 Å². The third-order valence-corrected chi connectivity index (χ3v) is 3.75. The number of benzene rings is 1. The summed E-state index contributed by atoms with van der Waals surface area (Å²) in [6.07, 6.45) is 2.01. The van der Waals surface area contributed by atoms with Crippen molar-refractivity contribution in [3.63, 3.8) is 0 Å². The van der Waals surface area contributed by atoms with Gasteiger partial charge in [0, 0.05) is 13.1 Å². The summed E-state index contributed by atoms with van der Waals surface area (Å²) >= 11 is 0. The minimum atomic E-state index is 0.0620. The lowest BCUT2D eigenvalue weighted by molar-refractivity contribution is -0.00690. The summed E-state index contributed by atoms with van der Waals surface area (Å²) in [5, 5.41) is 8.75. The fraction of sp³-hybridized carbons (Fsp3) is 0.562. The smallest absolute Gasteiger partial charge is 0.180 e. The molecule has 5 nitrogen and oxygen atoms in total. The lowest BCUT2D eigenvalue weighted by Crippen LogP contribution is -2.40. The van der Waals surface area contributed by atoms with Gasteiger partial charge in [-0.15, -0.1) is 0 Å². The first-order chi connectivity index (χ1) is 10.2. The van der Waals surface area contributed by atoms with Crippen molar-refractivity contribution in [1.29, 1.82) is 0 Å². The van der Waals surface area contributed by atoms with Crippen LogP contribution in [0.3, 0.4) is 0 Å². The Morgan fingerprint density at radius 1 is 1.33 bits per heavy atom. The molecule has 0 amide bonds. The number of rotatable bonds is 7. The van der Waals surface area contributed by atoms with Gasteiger partial charge < -0.3 is 14.6 Å². The number of nitrogens with zero attached hydrogens (tertiary/aromatic N) is 1. The first kappa shape index (κ1) is 15.9. The van der Waals surface area contributed by atoms with E-state index in [4.69, 9.17) is 14.6 Å². The quantitative estimate of drug-likeness (QED) is 0.769. The molecule has 5 heteroatoms. The molecular formula is C16H23NO4. The highest BCUT2D eigenvalue weighted by Crippen LogP contribution is 2.19. The van der Waals surface area contributed by atoms with Crippen LogP contribution in [0.5, 0.6) is 5.75 Å². The summed E-state index contributed by atoms with van der Waals surface area (Å²) < 4.78 is 10.8. The van der Waals surface area contributed by atoms with E-state index in [2.05, 4.69) is 4.90 Å². The van der Waals surface area contributed by atoms with Crippen LogP contribution in [-0.2, 0) is 4.74 Å². The van der Waals surface area contributed by atoms with Crippen LogP contribution >= 0.6 is 0 Å². The van der Waals surface area contributed by atoms with Crippen LogP contribution in [0.15, 0.2) is 24.3 Å². The zero-order chi connectivity index (χ0) is 15.1.